The van der Waals surface area contributed by atoms with Gasteiger partial charge in [0, 0.05) is 14.2 Å². The van der Waals surface area contributed by atoms with Crippen molar-refractivity contribution < 1.29 is 4.79 Å². The van der Waals surface area contributed by atoms with Crippen molar-refractivity contribution in [2.24, 2.45) is 0 Å². The fourth-order valence-corrected chi connectivity index (χ4v) is 2.77. The van der Waals surface area contributed by atoms with Gasteiger partial charge >= 0.3 is 0 Å². The first kappa shape index (κ1) is 14.3. The van der Waals surface area contributed by atoms with E-state index in [2.05, 4.69) is 22.6 Å². The van der Waals surface area contributed by atoms with Crippen molar-refractivity contribution in [1.29, 1.82) is 0 Å². The van der Waals surface area contributed by atoms with Gasteiger partial charge in [-0.3, -0.25) is 4.79 Å². The van der Waals surface area contributed by atoms with Crippen LogP contribution in [0.5, 0.6) is 0 Å². The molecule has 0 saturated carbocycles. The van der Waals surface area contributed by atoms with Crippen LogP contribution in [0.3, 0.4) is 0 Å². The summed E-state index contributed by atoms with van der Waals surface area (Å²) >= 11 is 8.00. The molecule has 2 aromatic carbocycles. The van der Waals surface area contributed by atoms with Crippen LogP contribution in [-0.4, -0.2) is 5.78 Å². The molecule has 0 aliphatic rings. The minimum atomic E-state index is -0.0124. The van der Waals surface area contributed by atoms with Gasteiger partial charge in [-0.2, -0.15) is 0 Å². The van der Waals surface area contributed by atoms with Gasteiger partial charge in [-0.05, 0) is 59.4 Å². The van der Waals surface area contributed by atoms with Gasteiger partial charge in [-0.15, -0.1) is 0 Å². The topological polar surface area (TPSA) is 17.1 Å². The first-order valence-electron chi connectivity index (χ1n) is 5.80. The number of rotatable bonds is 3. The molecule has 2 rings (SSSR count). The standard InChI is InChI=1S/C16H12ClIO/c1-11-2-4-12(5-3-11)6-9-16(19)14-8-7-13(17)10-15(14)18/h2-10H,1H3/b9-6+. The van der Waals surface area contributed by atoms with Gasteiger partial charge in [0.15, 0.2) is 5.78 Å². The van der Waals surface area contributed by atoms with Crippen LogP contribution >= 0.6 is 34.2 Å². The number of benzene rings is 2. The van der Waals surface area contributed by atoms with Crippen molar-refractivity contribution >= 4 is 46.1 Å². The second-order valence-electron chi connectivity index (χ2n) is 4.23. The second kappa shape index (κ2) is 6.35. The summed E-state index contributed by atoms with van der Waals surface area (Å²) in [6.45, 7) is 2.04. The molecule has 19 heavy (non-hydrogen) atoms. The summed E-state index contributed by atoms with van der Waals surface area (Å²) in [5.74, 6) is -0.0124. The van der Waals surface area contributed by atoms with Crippen LogP contribution in [0.4, 0.5) is 0 Å². The zero-order chi connectivity index (χ0) is 13.8. The van der Waals surface area contributed by atoms with Gasteiger partial charge in [0.05, 0.1) is 0 Å². The molecule has 0 aromatic heterocycles. The third-order valence-electron chi connectivity index (χ3n) is 2.70. The second-order valence-corrected chi connectivity index (χ2v) is 5.83. The number of aryl methyl sites for hydroxylation is 1. The van der Waals surface area contributed by atoms with E-state index in [0.717, 1.165) is 9.13 Å². The highest BCUT2D eigenvalue weighted by Gasteiger charge is 2.06. The fraction of sp³-hybridized carbons (Fsp3) is 0.0625. The lowest BCUT2D eigenvalue weighted by Crippen LogP contribution is -1.97. The van der Waals surface area contributed by atoms with E-state index in [1.165, 1.54) is 5.56 Å². The van der Waals surface area contributed by atoms with Crippen molar-refractivity contribution in [3.8, 4) is 0 Å². The van der Waals surface area contributed by atoms with Crippen LogP contribution in [0.1, 0.15) is 21.5 Å². The van der Waals surface area contributed by atoms with Crippen LogP contribution in [-0.2, 0) is 0 Å². The first-order chi connectivity index (χ1) is 9.06. The Morgan fingerprint density at radius 1 is 1.16 bits per heavy atom. The average Bonchev–Trinajstić information content (AvgIpc) is 2.37. The molecular weight excluding hydrogens is 371 g/mol. The highest BCUT2D eigenvalue weighted by Crippen LogP contribution is 2.19. The summed E-state index contributed by atoms with van der Waals surface area (Å²) in [5.41, 5.74) is 2.90. The molecular formula is C16H12ClIO. The zero-order valence-electron chi connectivity index (χ0n) is 10.4. The Morgan fingerprint density at radius 3 is 2.47 bits per heavy atom. The molecule has 0 radical (unpaired) electrons. The van der Waals surface area contributed by atoms with Crippen molar-refractivity contribution in [2.45, 2.75) is 6.92 Å². The maximum atomic E-state index is 12.1. The van der Waals surface area contributed by atoms with Crippen LogP contribution in [0.15, 0.2) is 48.5 Å². The summed E-state index contributed by atoms with van der Waals surface area (Å²) in [7, 11) is 0. The number of hydrogen-bond acceptors (Lipinski definition) is 1. The normalized spacial score (nSPS) is 10.9. The highest BCUT2D eigenvalue weighted by molar-refractivity contribution is 14.1. The molecule has 0 amide bonds. The molecule has 3 heteroatoms. The Bertz CT molecular complexity index is 630. The Kier molecular flexibility index (Phi) is 4.77. The van der Waals surface area contributed by atoms with Gasteiger partial charge in [0.2, 0.25) is 0 Å². The summed E-state index contributed by atoms with van der Waals surface area (Å²) in [6.07, 6.45) is 3.42. The van der Waals surface area contributed by atoms with E-state index >= 15 is 0 Å². The van der Waals surface area contributed by atoms with Gasteiger partial charge in [0.1, 0.15) is 0 Å². The lowest BCUT2D eigenvalue weighted by molar-refractivity contribution is 0.104. The third-order valence-corrected chi connectivity index (χ3v) is 3.83. The van der Waals surface area contributed by atoms with E-state index < -0.39 is 0 Å². The number of carbonyl (C=O) groups is 1. The molecule has 0 unspecified atom stereocenters. The van der Waals surface area contributed by atoms with Crippen LogP contribution in [0, 0.1) is 10.5 Å². The fourth-order valence-electron chi connectivity index (χ4n) is 1.63. The van der Waals surface area contributed by atoms with Crippen molar-refractivity contribution in [2.75, 3.05) is 0 Å². The van der Waals surface area contributed by atoms with E-state index in [1.54, 1.807) is 24.3 Å². The molecule has 0 heterocycles. The number of ketones is 1. The van der Waals surface area contributed by atoms with E-state index in [-0.39, 0.29) is 5.78 Å². The SMILES string of the molecule is Cc1ccc(/C=C/C(=O)c2ccc(Cl)cc2I)cc1. The molecule has 0 aliphatic heterocycles. The summed E-state index contributed by atoms with van der Waals surface area (Å²) in [5, 5.41) is 0.642. The molecule has 2 aromatic rings. The number of halogens is 2. The van der Waals surface area contributed by atoms with E-state index in [1.807, 2.05) is 37.3 Å². The summed E-state index contributed by atoms with van der Waals surface area (Å²) in [4.78, 5) is 12.1. The molecule has 0 N–H and O–H groups in total. The maximum Gasteiger partial charge on any atom is 0.186 e. The third kappa shape index (κ3) is 3.91. The van der Waals surface area contributed by atoms with E-state index in [9.17, 15) is 4.79 Å². The molecule has 0 bridgehead atoms. The van der Waals surface area contributed by atoms with E-state index in [4.69, 9.17) is 11.6 Å². The zero-order valence-corrected chi connectivity index (χ0v) is 13.3. The monoisotopic (exact) mass is 382 g/mol. The molecule has 0 saturated heterocycles. The molecule has 0 atom stereocenters. The van der Waals surface area contributed by atoms with Crippen LogP contribution in [0.25, 0.3) is 6.08 Å². The highest BCUT2D eigenvalue weighted by atomic mass is 127. The van der Waals surface area contributed by atoms with Crippen molar-refractivity contribution in [3.63, 3.8) is 0 Å². The lowest BCUT2D eigenvalue weighted by atomic mass is 10.1. The Labute approximate surface area is 131 Å². The van der Waals surface area contributed by atoms with Gasteiger partial charge in [-0.25, -0.2) is 0 Å². The van der Waals surface area contributed by atoms with Gasteiger partial charge < -0.3 is 0 Å². The maximum absolute atomic E-state index is 12.1. The van der Waals surface area contributed by atoms with Crippen molar-refractivity contribution in [1.82, 2.24) is 0 Å². The minimum absolute atomic E-state index is 0.0124. The number of hydrogen-bond donors (Lipinski definition) is 0. The lowest BCUT2D eigenvalue weighted by Gasteiger charge is -2.00. The largest absolute Gasteiger partial charge is 0.289 e. The smallest absolute Gasteiger partial charge is 0.186 e. The summed E-state index contributed by atoms with van der Waals surface area (Å²) < 4.78 is 0.864. The predicted molar refractivity (Wildman–Crippen MR) is 88.7 cm³/mol. The molecule has 1 nitrogen and oxygen atoms in total. The van der Waals surface area contributed by atoms with Crippen molar-refractivity contribution in [3.05, 3.63) is 73.8 Å². The Balaban J connectivity index is 2.18. The minimum Gasteiger partial charge on any atom is -0.289 e. The number of carbonyl (C=O) groups excluding carboxylic acids is 1. The molecule has 0 spiro atoms. The molecule has 0 aliphatic carbocycles. The van der Waals surface area contributed by atoms with Gasteiger partial charge in [0.25, 0.3) is 0 Å². The van der Waals surface area contributed by atoms with E-state index in [0.29, 0.717) is 10.6 Å². The number of allylic oxidation sites excluding steroid dienone is 1. The molecule has 96 valence electrons. The predicted octanol–water partition coefficient (Wildman–Crippen LogP) is 5.15. The Hall–Kier alpha value is -1.13. The van der Waals surface area contributed by atoms with Gasteiger partial charge in [-0.1, -0.05) is 47.5 Å². The molecule has 0 fully saturated rings. The Morgan fingerprint density at radius 2 is 1.84 bits per heavy atom. The quantitative estimate of drug-likeness (QED) is 0.408. The first-order valence-corrected chi connectivity index (χ1v) is 7.26. The van der Waals surface area contributed by atoms with Crippen LogP contribution < -0.4 is 0 Å². The van der Waals surface area contributed by atoms with Crippen LogP contribution in [0.2, 0.25) is 5.02 Å². The average molecular weight is 383 g/mol. The summed E-state index contributed by atoms with van der Waals surface area (Å²) in [6, 6.07) is 13.3.